The van der Waals surface area contributed by atoms with Crippen LogP contribution in [0.5, 0.6) is 0 Å². The number of aromatic nitrogens is 2. The average molecular weight is 339 g/mol. The monoisotopic (exact) mass is 339 g/mol. The fourth-order valence-corrected chi connectivity index (χ4v) is 6.00. The van der Waals surface area contributed by atoms with Crippen molar-refractivity contribution in [3.05, 3.63) is 42.1 Å². The van der Waals surface area contributed by atoms with Crippen LogP contribution in [0.3, 0.4) is 0 Å². The lowest BCUT2D eigenvalue weighted by Crippen LogP contribution is -2.51. The van der Waals surface area contributed by atoms with Gasteiger partial charge in [-0.2, -0.15) is 5.10 Å². The fourth-order valence-electron chi connectivity index (χ4n) is 6.00. The van der Waals surface area contributed by atoms with Crippen LogP contribution in [0.15, 0.2) is 35.0 Å². The zero-order valence-electron chi connectivity index (χ0n) is 14.5. The molecule has 132 valence electrons. The Hall–Kier alpha value is -2.04. The van der Waals surface area contributed by atoms with Gasteiger partial charge in [0, 0.05) is 18.9 Å². The molecule has 5 nitrogen and oxygen atoms in total. The topological polar surface area (TPSA) is 60.1 Å². The van der Waals surface area contributed by atoms with E-state index < -0.39 is 0 Å². The second-order valence-corrected chi connectivity index (χ2v) is 8.57. The third kappa shape index (κ3) is 2.90. The van der Waals surface area contributed by atoms with Crippen LogP contribution in [-0.4, -0.2) is 22.2 Å². The van der Waals surface area contributed by atoms with Crippen LogP contribution in [0.4, 0.5) is 0 Å². The van der Waals surface area contributed by atoms with Gasteiger partial charge in [-0.3, -0.25) is 9.48 Å². The van der Waals surface area contributed by atoms with Gasteiger partial charge in [0.25, 0.3) is 5.91 Å². The summed E-state index contributed by atoms with van der Waals surface area (Å²) in [6, 6.07) is 5.51. The van der Waals surface area contributed by atoms with E-state index in [-0.39, 0.29) is 5.91 Å². The van der Waals surface area contributed by atoms with E-state index in [0.29, 0.717) is 17.7 Å². The number of carbonyl (C=O) groups excluding carboxylic acids is 1. The fraction of sp³-hybridized carbons (Fsp3) is 0.600. The normalized spacial score (nSPS) is 32.9. The Morgan fingerprint density at radius 3 is 2.56 bits per heavy atom. The van der Waals surface area contributed by atoms with Crippen LogP contribution in [0, 0.1) is 23.2 Å². The van der Waals surface area contributed by atoms with Crippen molar-refractivity contribution in [1.29, 1.82) is 0 Å². The van der Waals surface area contributed by atoms with Gasteiger partial charge in [-0.05, 0) is 79.9 Å². The molecule has 4 saturated carbocycles. The lowest BCUT2D eigenvalue weighted by molar-refractivity contribution is -0.0504. The van der Waals surface area contributed by atoms with E-state index in [4.69, 9.17) is 4.42 Å². The first-order chi connectivity index (χ1) is 12.2. The highest BCUT2D eigenvalue weighted by atomic mass is 16.4. The molecule has 4 fully saturated rings. The maximum atomic E-state index is 12.5. The van der Waals surface area contributed by atoms with E-state index in [1.54, 1.807) is 16.9 Å². The Morgan fingerprint density at radius 2 is 1.92 bits per heavy atom. The number of nitrogens with one attached hydrogen (secondary N) is 1. The molecule has 6 rings (SSSR count). The molecule has 2 aromatic heterocycles. The molecule has 4 aliphatic rings. The Labute approximate surface area is 147 Å². The molecule has 0 aliphatic heterocycles. The molecule has 1 N–H and O–H groups in total. The Kier molecular flexibility index (Phi) is 3.50. The SMILES string of the molecule is O=C(NCC12CC3CC(CC(C3)C1)C2)c1ccc(Cn2cccn2)o1. The zero-order valence-corrected chi connectivity index (χ0v) is 14.5. The number of nitrogens with zero attached hydrogens (tertiary/aromatic N) is 2. The molecule has 0 atom stereocenters. The van der Waals surface area contributed by atoms with Crippen LogP contribution in [0.1, 0.15) is 54.8 Å². The smallest absolute Gasteiger partial charge is 0.287 e. The first kappa shape index (κ1) is 15.2. The summed E-state index contributed by atoms with van der Waals surface area (Å²) in [5, 5.41) is 7.34. The minimum absolute atomic E-state index is 0.0811. The quantitative estimate of drug-likeness (QED) is 0.907. The van der Waals surface area contributed by atoms with E-state index in [1.807, 2.05) is 18.3 Å². The number of amides is 1. The van der Waals surface area contributed by atoms with Crippen molar-refractivity contribution in [3.63, 3.8) is 0 Å². The second-order valence-electron chi connectivity index (χ2n) is 8.57. The first-order valence-corrected chi connectivity index (χ1v) is 9.52. The lowest BCUT2D eigenvalue weighted by Gasteiger charge is -2.56. The van der Waals surface area contributed by atoms with Gasteiger partial charge in [0.1, 0.15) is 5.76 Å². The summed E-state index contributed by atoms with van der Waals surface area (Å²) >= 11 is 0. The minimum Gasteiger partial charge on any atom is -0.454 e. The van der Waals surface area contributed by atoms with Crippen molar-refractivity contribution in [2.75, 3.05) is 6.54 Å². The molecule has 0 aromatic carbocycles. The number of hydrogen-bond acceptors (Lipinski definition) is 3. The molecule has 5 heteroatoms. The van der Waals surface area contributed by atoms with Gasteiger partial charge < -0.3 is 9.73 Å². The summed E-state index contributed by atoms with van der Waals surface area (Å²) in [7, 11) is 0. The summed E-state index contributed by atoms with van der Waals surface area (Å²) < 4.78 is 7.50. The highest BCUT2D eigenvalue weighted by Gasteiger charge is 2.50. The van der Waals surface area contributed by atoms with E-state index in [1.165, 1.54) is 38.5 Å². The van der Waals surface area contributed by atoms with Crippen molar-refractivity contribution < 1.29 is 9.21 Å². The highest BCUT2D eigenvalue weighted by Crippen LogP contribution is 2.59. The van der Waals surface area contributed by atoms with Crippen LogP contribution in [0.25, 0.3) is 0 Å². The Morgan fingerprint density at radius 1 is 1.20 bits per heavy atom. The predicted molar refractivity (Wildman–Crippen MR) is 93.0 cm³/mol. The minimum atomic E-state index is -0.0811. The van der Waals surface area contributed by atoms with Crippen molar-refractivity contribution >= 4 is 5.91 Å². The molecule has 0 spiro atoms. The van der Waals surface area contributed by atoms with E-state index >= 15 is 0 Å². The molecule has 4 bridgehead atoms. The van der Waals surface area contributed by atoms with Gasteiger partial charge in [0.05, 0.1) is 6.54 Å². The van der Waals surface area contributed by atoms with Crippen LogP contribution in [0.2, 0.25) is 0 Å². The first-order valence-electron chi connectivity index (χ1n) is 9.52. The van der Waals surface area contributed by atoms with E-state index in [2.05, 4.69) is 10.4 Å². The molecule has 1 amide bonds. The molecule has 4 aliphatic carbocycles. The number of carbonyl (C=O) groups is 1. The molecule has 0 radical (unpaired) electrons. The second kappa shape index (κ2) is 5.75. The predicted octanol–water partition coefficient (Wildman–Crippen LogP) is 3.47. The largest absolute Gasteiger partial charge is 0.454 e. The maximum absolute atomic E-state index is 12.5. The van der Waals surface area contributed by atoms with E-state index in [0.717, 1.165) is 30.1 Å². The Bertz CT molecular complexity index is 726. The van der Waals surface area contributed by atoms with E-state index in [9.17, 15) is 4.79 Å². The standard InChI is InChI=1S/C20H25N3O2/c24-19(18-3-2-17(25-18)12-23-5-1-4-22-23)21-13-20-9-14-6-15(10-20)8-16(7-14)11-20/h1-5,14-16H,6-13H2,(H,21,24). The van der Waals surface area contributed by atoms with Crippen molar-refractivity contribution in [1.82, 2.24) is 15.1 Å². The summed E-state index contributed by atoms with van der Waals surface area (Å²) in [5.41, 5.74) is 0.356. The highest BCUT2D eigenvalue weighted by molar-refractivity contribution is 5.91. The number of furan rings is 1. The summed E-state index contributed by atoms with van der Waals surface area (Å²) in [6.45, 7) is 1.36. The molecule has 2 heterocycles. The van der Waals surface area contributed by atoms with Gasteiger partial charge >= 0.3 is 0 Å². The van der Waals surface area contributed by atoms with Crippen LogP contribution < -0.4 is 5.32 Å². The molecule has 0 unspecified atom stereocenters. The average Bonchev–Trinajstić information content (AvgIpc) is 3.24. The maximum Gasteiger partial charge on any atom is 0.287 e. The third-order valence-corrected chi connectivity index (χ3v) is 6.55. The zero-order chi connectivity index (χ0) is 16.9. The lowest BCUT2D eigenvalue weighted by atomic mass is 9.49. The molecule has 25 heavy (non-hydrogen) atoms. The summed E-state index contributed by atoms with van der Waals surface area (Å²) in [6.07, 6.45) is 11.8. The Balaban J connectivity index is 1.22. The third-order valence-electron chi connectivity index (χ3n) is 6.55. The van der Waals surface area contributed by atoms with Crippen LogP contribution >= 0.6 is 0 Å². The van der Waals surface area contributed by atoms with Gasteiger partial charge in [0.2, 0.25) is 0 Å². The number of rotatable bonds is 5. The van der Waals surface area contributed by atoms with Gasteiger partial charge in [0.15, 0.2) is 5.76 Å². The van der Waals surface area contributed by atoms with Gasteiger partial charge in [-0.15, -0.1) is 0 Å². The molecular weight excluding hydrogens is 314 g/mol. The molecule has 0 saturated heterocycles. The molecular formula is C20H25N3O2. The van der Waals surface area contributed by atoms with Crippen LogP contribution in [-0.2, 0) is 6.54 Å². The van der Waals surface area contributed by atoms with Crippen molar-refractivity contribution in [2.45, 2.75) is 45.1 Å². The summed E-state index contributed by atoms with van der Waals surface area (Å²) in [4.78, 5) is 12.5. The summed E-state index contributed by atoms with van der Waals surface area (Å²) in [5.74, 6) is 3.81. The van der Waals surface area contributed by atoms with Crippen molar-refractivity contribution in [3.8, 4) is 0 Å². The number of hydrogen-bond donors (Lipinski definition) is 1. The van der Waals surface area contributed by atoms with Crippen molar-refractivity contribution in [2.24, 2.45) is 23.2 Å². The molecule has 2 aromatic rings. The van der Waals surface area contributed by atoms with Gasteiger partial charge in [-0.25, -0.2) is 0 Å². The van der Waals surface area contributed by atoms with Gasteiger partial charge in [-0.1, -0.05) is 0 Å².